The second kappa shape index (κ2) is 8.98. The fourth-order valence-corrected chi connectivity index (χ4v) is 6.78. The van der Waals surface area contributed by atoms with Crippen molar-refractivity contribution in [3.8, 4) is 11.1 Å². The van der Waals surface area contributed by atoms with Gasteiger partial charge in [0.15, 0.2) is 0 Å². The van der Waals surface area contributed by atoms with Crippen LogP contribution in [0.15, 0.2) is 67.4 Å². The predicted molar refractivity (Wildman–Crippen MR) is 157 cm³/mol. The number of pyridine rings is 2. The summed E-state index contributed by atoms with van der Waals surface area (Å²) in [5.74, 6) is -0.605. The summed E-state index contributed by atoms with van der Waals surface area (Å²) in [6.45, 7) is 2.66. The molecule has 0 aliphatic carbocycles. The first kappa shape index (κ1) is 24.7. The zero-order valence-corrected chi connectivity index (χ0v) is 22.8. The van der Waals surface area contributed by atoms with Crippen LogP contribution >= 0.6 is 0 Å². The molecular weight excluding hydrogens is 535 g/mol. The fraction of sp³-hybridized carbons (Fsp3) is 0.226. The van der Waals surface area contributed by atoms with Crippen molar-refractivity contribution in [1.29, 1.82) is 0 Å². The summed E-state index contributed by atoms with van der Waals surface area (Å²) in [4.78, 5) is 36.7. The minimum Gasteiger partial charge on any atom is -0.323 e. The molecule has 6 aromatic rings. The third-order valence-corrected chi connectivity index (χ3v) is 8.89. The molecule has 1 N–H and O–H groups in total. The van der Waals surface area contributed by atoms with E-state index in [2.05, 4.69) is 20.4 Å². The Balaban J connectivity index is 1.28. The van der Waals surface area contributed by atoms with Crippen molar-refractivity contribution in [2.45, 2.75) is 32.2 Å². The van der Waals surface area contributed by atoms with Crippen LogP contribution in [0.2, 0.25) is 0 Å². The molecule has 4 bridgehead atoms. The second-order valence-electron chi connectivity index (χ2n) is 11.2. The highest BCUT2D eigenvalue weighted by atomic mass is 19.1. The molecular formula is C31H26FN8O2+. The van der Waals surface area contributed by atoms with Gasteiger partial charge in [-0.3, -0.25) is 19.4 Å². The maximum Gasteiger partial charge on any atom is 0.336 e. The summed E-state index contributed by atoms with van der Waals surface area (Å²) < 4.78 is 17.5. The van der Waals surface area contributed by atoms with Crippen LogP contribution in [0.5, 0.6) is 0 Å². The molecule has 0 unspecified atom stereocenters. The number of benzene rings is 2. The highest BCUT2D eigenvalue weighted by molar-refractivity contribution is 6.03. The van der Waals surface area contributed by atoms with E-state index in [9.17, 15) is 9.59 Å². The lowest BCUT2D eigenvalue weighted by Gasteiger charge is -2.39. The average Bonchev–Trinajstić information content (AvgIpc) is 3.57. The lowest BCUT2D eigenvalue weighted by atomic mass is 9.88. The Labute approximate surface area is 238 Å². The fourth-order valence-electron chi connectivity index (χ4n) is 6.78. The van der Waals surface area contributed by atoms with E-state index >= 15 is 4.39 Å². The summed E-state index contributed by atoms with van der Waals surface area (Å²) in [6, 6.07) is 10.8. The van der Waals surface area contributed by atoms with Crippen LogP contribution in [-0.4, -0.2) is 54.5 Å². The molecule has 9 rings (SSSR count). The van der Waals surface area contributed by atoms with E-state index < -0.39 is 0 Å². The lowest BCUT2D eigenvalue weighted by Crippen LogP contribution is -2.65. The molecule has 0 radical (unpaired) electrons. The highest BCUT2D eigenvalue weighted by Gasteiger charge is 2.44. The van der Waals surface area contributed by atoms with Crippen molar-refractivity contribution in [2.75, 3.05) is 18.4 Å². The molecule has 2 amide bonds. The van der Waals surface area contributed by atoms with Gasteiger partial charge < -0.3 is 5.32 Å². The number of carbonyl (C=O) groups excluding carboxylic acids is 2. The van der Waals surface area contributed by atoms with Crippen LogP contribution in [0.4, 0.5) is 10.1 Å². The SMILES string of the molecule is CC(=O)[N+]12CCC(CC1)c1nn(CC(=O)Nc3cncc4cnccc34)c3cccc(c13)-c1cc3c(cnn32)cc1F. The van der Waals surface area contributed by atoms with E-state index in [1.807, 2.05) is 24.3 Å². The zero-order valence-electron chi connectivity index (χ0n) is 22.8. The molecule has 3 aliphatic heterocycles. The van der Waals surface area contributed by atoms with Gasteiger partial charge in [-0.05, 0) is 29.8 Å². The van der Waals surface area contributed by atoms with Gasteiger partial charge in [-0.1, -0.05) is 16.9 Å². The number of carbonyl (C=O) groups is 2. The first-order valence-corrected chi connectivity index (χ1v) is 14.0. The number of rotatable bonds is 3. The maximum absolute atomic E-state index is 15.7. The maximum atomic E-state index is 15.7. The quantitative estimate of drug-likeness (QED) is 0.315. The van der Waals surface area contributed by atoms with Crippen LogP contribution in [0.25, 0.3) is 43.7 Å². The predicted octanol–water partition coefficient (Wildman–Crippen LogP) is 4.65. The van der Waals surface area contributed by atoms with Crippen molar-refractivity contribution in [3.05, 3.63) is 78.9 Å². The van der Waals surface area contributed by atoms with Crippen molar-refractivity contribution >= 4 is 50.1 Å². The number of hydrogen-bond donors (Lipinski definition) is 1. The normalized spacial score (nSPS) is 19.4. The van der Waals surface area contributed by atoms with E-state index in [-0.39, 0.29) is 34.7 Å². The number of halogens is 1. The van der Waals surface area contributed by atoms with Crippen LogP contribution < -0.4 is 9.91 Å². The smallest absolute Gasteiger partial charge is 0.323 e. The van der Waals surface area contributed by atoms with Gasteiger partial charge in [-0.15, -0.1) is 9.69 Å². The number of anilines is 1. The van der Waals surface area contributed by atoms with Crippen LogP contribution in [-0.2, 0) is 16.1 Å². The summed E-state index contributed by atoms with van der Waals surface area (Å²) in [7, 11) is 0. The summed E-state index contributed by atoms with van der Waals surface area (Å²) in [6.07, 6.45) is 9.73. The number of amides is 2. The van der Waals surface area contributed by atoms with E-state index in [1.54, 1.807) is 53.4 Å². The molecule has 2 aromatic carbocycles. The molecule has 4 aromatic heterocycles. The second-order valence-corrected chi connectivity index (χ2v) is 11.2. The molecule has 208 valence electrons. The summed E-state index contributed by atoms with van der Waals surface area (Å²) >= 11 is 0. The van der Waals surface area contributed by atoms with Crippen LogP contribution in [0.3, 0.4) is 0 Å². The van der Waals surface area contributed by atoms with Gasteiger partial charge in [0.2, 0.25) is 5.91 Å². The molecule has 1 saturated heterocycles. The van der Waals surface area contributed by atoms with E-state index in [0.717, 1.165) is 27.4 Å². The monoisotopic (exact) mass is 561 g/mol. The zero-order chi connectivity index (χ0) is 28.6. The third kappa shape index (κ3) is 3.53. The highest BCUT2D eigenvalue weighted by Crippen LogP contribution is 2.42. The Morgan fingerprint density at radius 1 is 1.00 bits per heavy atom. The summed E-state index contributed by atoms with van der Waals surface area (Å²) in [5, 5.41) is 15.7. The van der Waals surface area contributed by atoms with Gasteiger partial charge in [0.05, 0.1) is 36.2 Å². The summed E-state index contributed by atoms with van der Waals surface area (Å²) in [5.41, 5.74) is 4.01. The Morgan fingerprint density at radius 2 is 1.83 bits per heavy atom. The van der Waals surface area contributed by atoms with Crippen molar-refractivity contribution in [3.63, 3.8) is 0 Å². The number of nitrogens with zero attached hydrogens (tertiary/aromatic N) is 7. The molecule has 0 atom stereocenters. The van der Waals surface area contributed by atoms with Crippen LogP contribution in [0, 0.1) is 5.82 Å². The van der Waals surface area contributed by atoms with E-state index in [4.69, 9.17) is 5.10 Å². The number of quaternary nitrogens is 1. The average molecular weight is 562 g/mol. The first-order valence-electron chi connectivity index (χ1n) is 14.0. The molecule has 0 spiro atoms. The van der Waals surface area contributed by atoms with Gasteiger partial charge in [0, 0.05) is 64.5 Å². The van der Waals surface area contributed by atoms with Crippen LogP contribution in [0.1, 0.15) is 31.4 Å². The third-order valence-electron chi connectivity index (χ3n) is 8.89. The minimum atomic E-state index is -0.375. The van der Waals surface area contributed by atoms with Gasteiger partial charge in [-0.25, -0.2) is 9.18 Å². The Morgan fingerprint density at radius 3 is 2.67 bits per heavy atom. The molecule has 7 heterocycles. The minimum absolute atomic E-state index is 0.00728. The van der Waals surface area contributed by atoms with Gasteiger partial charge in [0.1, 0.15) is 31.0 Å². The van der Waals surface area contributed by atoms with E-state index in [1.165, 1.54) is 6.07 Å². The van der Waals surface area contributed by atoms with Crippen molar-refractivity contribution in [1.82, 2.24) is 34.2 Å². The Kier molecular flexibility index (Phi) is 5.29. The van der Waals surface area contributed by atoms with Crippen molar-refractivity contribution in [2.24, 2.45) is 0 Å². The molecule has 42 heavy (non-hydrogen) atoms. The topological polar surface area (TPSA) is 108 Å². The lowest BCUT2D eigenvalue weighted by molar-refractivity contribution is -0.137. The number of fused-ring (bicyclic) bond motifs is 3. The Hall–Kier alpha value is -5.03. The number of piperidine rings is 1. The van der Waals surface area contributed by atoms with Gasteiger partial charge in [0.25, 0.3) is 0 Å². The molecule has 0 saturated carbocycles. The first-order chi connectivity index (χ1) is 20.4. The molecule has 3 aliphatic rings. The molecule has 11 heteroatoms. The molecule has 10 nitrogen and oxygen atoms in total. The standard InChI is InChI=1S/C31H25FN8O2/c1-18(41)40-9-6-19(7-10-40)31-30-23(24-12-28-20(11-25(24)32)15-35-39(28)40)3-2-4-27(30)38(37-31)17-29(42)36-26-16-34-14-21-13-33-8-5-22(21)26/h2-5,8,11-16,19H,6-7,9-10,17H2,1H3/p+1. The number of hydrogen-bond acceptors (Lipinski definition) is 6. The van der Waals surface area contributed by atoms with E-state index in [0.29, 0.717) is 53.6 Å². The van der Waals surface area contributed by atoms with Gasteiger partial charge in [-0.2, -0.15) is 5.10 Å². The number of nitrogens with one attached hydrogen (secondary N) is 1. The largest absolute Gasteiger partial charge is 0.336 e. The Bertz CT molecular complexity index is 2080. The number of aromatic nitrogens is 6. The van der Waals surface area contributed by atoms with Gasteiger partial charge >= 0.3 is 5.91 Å². The van der Waals surface area contributed by atoms with Crippen molar-refractivity contribution < 1.29 is 14.0 Å². The molecule has 1 fully saturated rings.